The van der Waals surface area contributed by atoms with Crippen molar-refractivity contribution in [3.05, 3.63) is 53.5 Å². The van der Waals surface area contributed by atoms with Crippen LogP contribution in [-0.4, -0.2) is 27.3 Å². The van der Waals surface area contributed by atoms with E-state index in [1.165, 1.54) is 6.08 Å². The van der Waals surface area contributed by atoms with E-state index in [9.17, 15) is 35.9 Å². The number of rotatable bonds is 3. The minimum atomic E-state index is -4.87. The summed E-state index contributed by atoms with van der Waals surface area (Å²) in [5, 5.41) is 2.36. The molecule has 1 aliphatic carbocycles. The predicted molar refractivity (Wildman–Crippen MR) is 111 cm³/mol. The molecule has 186 valence electrons. The van der Waals surface area contributed by atoms with E-state index >= 15 is 0 Å². The van der Waals surface area contributed by atoms with Gasteiger partial charge in [0.25, 0.3) is 11.8 Å². The average molecular weight is 499 g/mol. The van der Waals surface area contributed by atoms with Gasteiger partial charge in [-0.1, -0.05) is 13.3 Å². The highest BCUT2D eigenvalue weighted by molar-refractivity contribution is 6.23. The Balaban J connectivity index is 1.75. The number of aromatic nitrogens is 2. The van der Waals surface area contributed by atoms with Crippen molar-refractivity contribution in [2.75, 3.05) is 5.32 Å². The van der Waals surface area contributed by atoms with E-state index in [1.54, 1.807) is 0 Å². The lowest BCUT2D eigenvalue weighted by atomic mass is 9.85. The van der Waals surface area contributed by atoms with Gasteiger partial charge in [-0.25, -0.2) is 15.4 Å². The Labute approximate surface area is 195 Å². The van der Waals surface area contributed by atoms with E-state index < -0.39 is 52.2 Å². The molecule has 7 nitrogen and oxygen atoms in total. The van der Waals surface area contributed by atoms with Crippen molar-refractivity contribution < 1.29 is 35.9 Å². The van der Waals surface area contributed by atoms with Gasteiger partial charge in [0.1, 0.15) is 17.6 Å². The molecule has 0 radical (unpaired) electrons. The fraction of sp³-hybridized carbons (Fsp3) is 0.364. The van der Waals surface area contributed by atoms with Gasteiger partial charge < -0.3 is 5.32 Å². The van der Waals surface area contributed by atoms with Crippen LogP contribution < -0.4 is 16.2 Å². The summed E-state index contributed by atoms with van der Waals surface area (Å²) in [4.78, 5) is 32.2. The minimum Gasteiger partial charge on any atom is -0.321 e. The van der Waals surface area contributed by atoms with Crippen LogP contribution in [0, 0.1) is 5.92 Å². The zero-order valence-corrected chi connectivity index (χ0v) is 18.1. The minimum absolute atomic E-state index is 0.0920. The van der Waals surface area contributed by atoms with Crippen LogP contribution in [0.15, 0.2) is 42.2 Å². The van der Waals surface area contributed by atoms with E-state index in [0.29, 0.717) is 30.9 Å². The van der Waals surface area contributed by atoms with Crippen LogP contribution in [-0.2, 0) is 21.9 Å². The second-order valence-electron chi connectivity index (χ2n) is 8.47. The van der Waals surface area contributed by atoms with E-state index in [1.807, 2.05) is 6.92 Å². The second kappa shape index (κ2) is 8.63. The summed E-state index contributed by atoms with van der Waals surface area (Å²) >= 11 is 0. The first-order valence-electron chi connectivity index (χ1n) is 10.5. The van der Waals surface area contributed by atoms with Crippen molar-refractivity contribution in [3.8, 4) is 11.3 Å². The number of hydrogen-bond donors (Lipinski definition) is 3. The van der Waals surface area contributed by atoms with Crippen molar-refractivity contribution in [2.45, 2.75) is 44.1 Å². The van der Waals surface area contributed by atoms with Gasteiger partial charge in [0.15, 0.2) is 0 Å². The summed E-state index contributed by atoms with van der Waals surface area (Å²) in [6.07, 6.45) is -5.25. The van der Waals surface area contributed by atoms with Gasteiger partial charge in [-0.3, -0.25) is 15.0 Å². The molecule has 1 spiro atoms. The number of carbonyl (C=O) groups excluding carboxylic acids is 2. The SMILES string of the molecule is CC1CCCC12C=C(C(=O)Nc1ccc(C(F)(F)F)cc1-c1cc(C(F)(F)F)ncn1)C(=O)NN2. The summed E-state index contributed by atoms with van der Waals surface area (Å²) in [5.74, 6) is -1.58. The van der Waals surface area contributed by atoms with Gasteiger partial charge in [-0.2, -0.15) is 26.3 Å². The molecule has 2 amide bonds. The second-order valence-corrected chi connectivity index (χ2v) is 8.47. The number of nitrogens with zero attached hydrogens (tertiary/aromatic N) is 2. The molecule has 0 bridgehead atoms. The van der Waals surface area contributed by atoms with Crippen LogP contribution in [0.5, 0.6) is 0 Å². The van der Waals surface area contributed by atoms with Gasteiger partial charge in [0.05, 0.1) is 22.5 Å². The number of amides is 2. The maximum atomic E-state index is 13.3. The van der Waals surface area contributed by atoms with E-state index in [-0.39, 0.29) is 17.2 Å². The normalized spacial score (nSPS) is 22.7. The molecule has 2 atom stereocenters. The molecular weight excluding hydrogens is 480 g/mol. The Bertz CT molecular complexity index is 1210. The molecule has 1 fully saturated rings. The topological polar surface area (TPSA) is 96.0 Å². The molecule has 2 aromatic rings. The van der Waals surface area contributed by atoms with Gasteiger partial charge in [0.2, 0.25) is 0 Å². The third-order valence-corrected chi connectivity index (χ3v) is 6.24. The summed E-state index contributed by atoms with van der Waals surface area (Å²) in [7, 11) is 0. The number of benzene rings is 1. The van der Waals surface area contributed by atoms with Crippen LogP contribution in [0.1, 0.15) is 37.4 Å². The summed E-state index contributed by atoms with van der Waals surface area (Å²) in [5.41, 5.74) is 0.770. The Kier molecular flexibility index (Phi) is 6.07. The molecule has 2 unspecified atom stereocenters. The molecule has 0 saturated heterocycles. The molecule has 1 aromatic heterocycles. The van der Waals surface area contributed by atoms with Crippen LogP contribution in [0.2, 0.25) is 0 Å². The lowest BCUT2D eigenvalue weighted by Gasteiger charge is -2.36. The fourth-order valence-corrected chi connectivity index (χ4v) is 4.26. The van der Waals surface area contributed by atoms with E-state index in [0.717, 1.165) is 18.9 Å². The first-order valence-corrected chi connectivity index (χ1v) is 10.5. The number of alkyl halides is 6. The van der Waals surface area contributed by atoms with Crippen molar-refractivity contribution >= 4 is 17.5 Å². The third-order valence-electron chi connectivity index (χ3n) is 6.24. The lowest BCUT2D eigenvalue weighted by molar-refractivity contribution is -0.141. The molecule has 1 aliphatic heterocycles. The standard InChI is InChI=1S/C22H19F6N5O2/c1-11-3-2-6-20(11)9-14(19(35)32-33-20)18(34)31-15-5-4-12(21(23,24)25)7-13(15)16-8-17(22(26,27)28)30-10-29-16/h4-5,7-11,33H,2-3,6H2,1H3,(H,31,34)(H,32,35). The molecule has 13 heteroatoms. The van der Waals surface area contributed by atoms with Crippen LogP contribution in [0.3, 0.4) is 0 Å². The molecule has 1 aromatic carbocycles. The quantitative estimate of drug-likeness (QED) is 0.434. The first-order chi connectivity index (χ1) is 16.3. The molecular formula is C22H19F6N5O2. The Morgan fingerprint density at radius 3 is 2.49 bits per heavy atom. The fourth-order valence-electron chi connectivity index (χ4n) is 4.26. The number of anilines is 1. The number of halogens is 6. The first kappa shape index (κ1) is 24.6. The highest BCUT2D eigenvalue weighted by Crippen LogP contribution is 2.39. The van der Waals surface area contributed by atoms with Crippen LogP contribution >= 0.6 is 0 Å². The van der Waals surface area contributed by atoms with Crippen molar-refractivity contribution in [3.63, 3.8) is 0 Å². The Morgan fingerprint density at radius 2 is 1.86 bits per heavy atom. The van der Waals surface area contributed by atoms with E-state index in [2.05, 4.69) is 26.1 Å². The van der Waals surface area contributed by atoms with Crippen LogP contribution in [0.4, 0.5) is 32.0 Å². The molecule has 1 saturated carbocycles. The predicted octanol–water partition coefficient (Wildman–Crippen LogP) is 4.24. The lowest BCUT2D eigenvalue weighted by Crippen LogP contribution is -2.59. The highest BCUT2D eigenvalue weighted by atomic mass is 19.4. The molecule has 2 heterocycles. The Morgan fingerprint density at radius 1 is 1.11 bits per heavy atom. The maximum absolute atomic E-state index is 13.3. The zero-order chi connectivity index (χ0) is 25.6. The summed E-state index contributed by atoms with van der Waals surface area (Å²) in [6, 6.07) is 2.63. The molecule has 4 rings (SSSR count). The van der Waals surface area contributed by atoms with Gasteiger partial charge in [-0.05, 0) is 49.1 Å². The number of carbonyl (C=O) groups is 2. The number of nitrogens with one attached hydrogen (secondary N) is 3. The van der Waals surface area contributed by atoms with Crippen LogP contribution in [0.25, 0.3) is 11.3 Å². The molecule has 2 aliphatic rings. The summed E-state index contributed by atoms with van der Waals surface area (Å²) < 4.78 is 79.4. The Hall–Kier alpha value is -3.48. The smallest absolute Gasteiger partial charge is 0.321 e. The van der Waals surface area contributed by atoms with E-state index in [4.69, 9.17) is 0 Å². The molecule has 3 N–H and O–H groups in total. The van der Waals surface area contributed by atoms with Crippen molar-refractivity contribution in [1.29, 1.82) is 0 Å². The van der Waals surface area contributed by atoms with Crippen molar-refractivity contribution in [2.24, 2.45) is 5.92 Å². The molecule has 35 heavy (non-hydrogen) atoms. The monoisotopic (exact) mass is 499 g/mol. The third kappa shape index (κ3) is 4.85. The van der Waals surface area contributed by atoms with Gasteiger partial charge in [0, 0.05) is 5.56 Å². The maximum Gasteiger partial charge on any atom is 0.433 e. The van der Waals surface area contributed by atoms with Crippen molar-refractivity contribution in [1.82, 2.24) is 20.8 Å². The van der Waals surface area contributed by atoms with Gasteiger partial charge >= 0.3 is 12.4 Å². The summed E-state index contributed by atoms with van der Waals surface area (Å²) in [6.45, 7) is 1.95. The highest BCUT2D eigenvalue weighted by Gasteiger charge is 2.43. The average Bonchev–Trinajstić information content (AvgIpc) is 3.14. The number of hydrazine groups is 1. The zero-order valence-electron chi connectivity index (χ0n) is 18.1. The van der Waals surface area contributed by atoms with Gasteiger partial charge in [-0.15, -0.1) is 0 Å². The largest absolute Gasteiger partial charge is 0.433 e. The number of hydrogen-bond acceptors (Lipinski definition) is 5.